The third kappa shape index (κ3) is 4.68. The Morgan fingerprint density at radius 2 is 1.57 bits per heavy atom. The van der Waals surface area contributed by atoms with Gasteiger partial charge in [-0.05, 0) is 31.5 Å². The van der Waals surface area contributed by atoms with Gasteiger partial charge in [0.05, 0.1) is 12.2 Å². The Hall–Kier alpha value is -2.89. The molecule has 4 nitrogen and oxygen atoms in total. The number of aryl methyl sites for hydroxylation is 1. The van der Waals surface area contributed by atoms with Crippen molar-refractivity contribution < 1.29 is 13.5 Å². The molecule has 0 atom stereocenters. The van der Waals surface area contributed by atoms with Crippen LogP contribution in [0.5, 0.6) is 5.75 Å². The van der Waals surface area contributed by atoms with E-state index in [4.69, 9.17) is 4.74 Å². The summed E-state index contributed by atoms with van der Waals surface area (Å²) in [6.07, 6.45) is 8.90. The molecule has 0 saturated carbocycles. The normalized spacial score (nSPS) is 10.9. The fourth-order valence-corrected chi connectivity index (χ4v) is 2.78. The number of rotatable bonds is 8. The first-order chi connectivity index (χ1) is 13.6. The van der Waals surface area contributed by atoms with Gasteiger partial charge >= 0.3 is 0 Å². The van der Waals surface area contributed by atoms with Gasteiger partial charge in [-0.2, -0.15) is 4.39 Å². The highest BCUT2D eigenvalue weighted by atomic mass is 19.2. The van der Waals surface area contributed by atoms with E-state index in [1.54, 1.807) is 18.6 Å². The van der Waals surface area contributed by atoms with Gasteiger partial charge in [0.15, 0.2) is 17.4 Å². The standard InChI is InChI=1S/C22H23F2N3O/c1-3-4-5-6-11-28-19-10-9-18(20(23)21(19)24)22-26-13-17(14-27-22)16-8-7-15(2)25-12-16/h7-10,12-14H,3-6,11H2,1-2H3. The lowest BCUT2D eigenvalue weighted by atomic mass is 10.1. The summed E-state index contributed by atoms with van der Waals surface area (Å²) in [6, 6.07) is 6.67. The zero-order chi connectivity index (χ0) is 19.9. The molecule has 0 aliphatic carbocycles. The van der Waals surface area contributed by atoms with E-state index < -0.39 is 11.6 Å². The molecule has 2 aromatic heterocycles. The largest absolute Gasteiger partial charge is 0.490 e. The number of ether oxygens (including phenoxy) is 1. The first-order valence-electron chi connectivity index (χ1n) is 9.46. The Kier molecular flexibility index (Phi) is 6.63. The van der Waals surface area contributed by atoms with Crippen LogP contribution in [0.4, 0.5) is 8.78 Å². The van der Waals surface area contributed by atoms with Crippen LogP contribution in [0, 0.1) is 18.6 Å². The highest BCUT2D eigenvalue weighted by Crippen LogP contribution is 2.28. The maximum Gasteiger partial charge on any atom is 0.201 e. The molecule has 0 bridgehead atoms. The predicted octanol–water partition coefficient (Wildman–Crippen LogP) is 5.75. The van der Waals surface area contributed by atoms with Crippen molar-refractivity contribution in [3.63, 3.8) is 0 Å². The average Bonchev–Trinajstić information content (AvgIpc) is 2.72. The quantitative estimate of drug-likeness (QED) is 0.465. The van der Waals surface area contributed by atoms with Crippen molar-refractivity contribution in [2.45, 2.75) is 39.5 Å². The third-order valence-corrected chi connectivity index (χ3v) is 4.44. The van der Waals surface area contributed by atoms with Gasteiger partial charge in [-0.15, -0.1) is 0 Å². The molecule has 0 unspecified atom stereocenters. The van der Waals surface area contributed by atoms with Crippen LogP contribution in [-0.2, 0) is 0 Å². The van der Waals surface area contributed by atoms with Gasteiger partial charge in [-0.3, -0.25) is 4.98 Å². The Morgan fingerprint density at radius 3 is 2.25 bits per heavy atom. The Morgan fingerprint density at radius 1 is 0.821 bits per heavy atom. The minimum atomic E-state index is -1.01. The van der Waals surface area contributed by atoms with Crippen LogP contribution < -0.4 is 4.74 Å². The van der Waals surface area contributed by atoms with Crippen LogP contribution in [0.3, 0.4) is 0 Å². The van der Waals surface area contributed by atoms with Crippen LogP contribution in [-0.4, -0.2) is 21.6 Å². The van der Waals surface area contributed by atoms with E-state index in [-0.39, 0.29) is 17.1 Å². The molecule has 0 radical (unpaired) electrons. The molecule has 3 aromatic rings. The Bertz CT molecular complexity index is 912. The van der Waals surface area contributed by atoms with Crippen molar-refractivity contribution in [1.29, 1.82) is 0 Å². The van der Waals surface area contributed by atoms with Gasteiger partial charge < -0.3 is 4.74 Å². The van der Waals surface area contributed by atoms with Crippen LogP contribution >= 0.6 is 0 Å². The number of halogens is 2. The molecule has 146 valence electrons. The van der Waals surface area contributed by atoms with Gasteiger partial charge in [0.25, 0.3) is 0 Å². The Balaban J connectivity index is 1.74. The molecule has 3 rings (SSSR count). The molecule has 0 spiro atoms. The highest BCUT2D eigenvalue weighted by Gasteiger charge is 2.17. The van der Waals surface area contributed by atoms with E-state index in [1.807, 2.05) is 19.1 Å². The summed E-state index contributed by atoms with van der Waals surface area (Å²) < 4.78 is 34.2. The topological polar surface area (TPSA) is 47.9 Å². The maximum atomic E-state index is 14.5. The summed E-state index contributed by atoms with van der Waals surface area (Å²) in [5, 5.41) is 0. The lowest BCUT2D eigenvalue weighted by molar-refractivity contribution is 0.285. The second-order valence-electron chi connectivity index (χ2n) is 6.63. The van der Waals surface area contributed by atoms with E-state index in [1.165, 1.54) is 12.1 Å². The lowest BCUT2D eigenvalue weighted by Gasteiger charge is -2.10. The highest BCUT2D eigenvalue weighted by molar-refractivity contribution is 5.63. The summed E-state index contributed by atoms with van der Waals surface area (Å²) in [5.41, 5.74) is 2.52. The molecule has 0 fully saturated rings. The zero-order valence-corrected chi connectivity index (χ0v) is 16.1. The van der Waals surface area contributed by atoms with Crippen LogP contribution in [0.25, 0.3) is 22.5 Å². The smallest absolute Gasteiger partial charge is 0.201 e. The molecule has 0 aliphatic rings. The second kappa shape index (κ2) is 9.35. The second-order valence-corrected chi connectivity index (χ2v) is 6.63. The van der Waals surface area contributed by atoms with E-state index in [0.29, 0.717) is 6.61 Å². The van der Waals surface area contributed by atoms with Crippen molar-refractivity contribution in [3.8, 4) is 28.3 Å². The van der Waals surface area contributed by atoms with Crippen molar-refractivity contribution in [2.75, 3.05) is 6.61 Å². The average molecular weight is 383 g/mol. The molecule has 0 N–H and O–H groups in total. The maximum absolute atomic E-state index is 14.5. The summed E-state index contributed by atoms with van der Waals surface area (Å²) in [5.74, 6) is -1.98. The summed E-state index contributed by atoms with van der Waals surface area (Å²) in [4.78, 5) is 12.6. The number of aromatic nitrogens is 3. The summed E-state index contributed by atoms with van der Waals surface area (Å²) in [6.45, 7) is 4.38. The minimum absolute atomic E-state index is 0.00409. The van der Waals surface area contributed by atoms with E-state index in [0.717, 1.165) is 42.5 Å². The molecule has 0 saturated heterocycles. The number of unbranched alkanes of at least 4 members (excludes halogenated alkanes) is 3. The molecule has 28 heavy (non-hydrogen) atoms. The number of nitrogens with zero attached hydrogens (tertiary/aromatic N) is 3. The predicted molar refractivity (Wildman–Crippen MR) is 105 cm³/mol. The van der Waals surface area contributed by atoms with Crippen molar-refractivity contribution in [3.05, 3.63) is 60.2 Å². The van der Waals surface area contributed by atoms with Crippen LogP contribution in [0.1, 0.15) is 38.3 Å². The SMILES string of the molecule is CCCCCCOc1ccc(-c2ncc(-c3ccc(C)nc3)cn2)c(F)c1F. The van der Waals surface area contributed by atoms with Gasteiger partial charge in [-0.1, -0.05) is 32.3 Å². The summed E-state index contributed by atoms with van der Waals surface area (Å²) >= 11 is 0. The lowest BCUT2D eigenvalue weighted by Crippen LogP contribution is -2.02. The first kappa shape index (κ1) is 19.9. The van der Waals surface area contributed by atoms with E-state index in [9.17, 15) is 8.78 Å². The molecule has 2 heterocycles. The first-order valence-corrected chi connectivity index (χ1v) is 9.46. The fraction of sp³-hybridized carbons (Fsp3) is 0.318. The molecule has 0 amide bonds. The van der Waals surface area contributed by atoms with Gasteiger partial charge in [0.1, 0.15) is 0 Å². The minimum Gasteiger partial charge on any atom is -0.490 e. The van der Waals surface area contributed by atoms with Crippen molar-refractivity contribution >= 4 is 0 Å². The van der Waals surface area contributed by atoms with Crippen LogP contribution in [0.2, 0.25) is 0 Å². The van der Waals surface area contributed by atoms with Crippen LogP contribution in [0.15, 0.2) is 42.9 Å². The molecule has 0 aliphatic heterocycles. The number of benzene rings is 1. The van der Waals surface area contributed by atoms with Gasteiger partial charge in [0.2, 0.25) is 5.82 Å². The summed E-state index contributed by atoms with van der Waals surface area (Å²) in [7, 11) is 0. The number of hydrogen-bond acceptors (Lipinski definition) is 4. The molecular weight excluding hydrogens is 360 g/mol. The fourth-order valence-electron chi connectivity index (χ4n) is 2.78. The third-order valence-electron chi connectivity index (χ3n) is 4.44. The number of pyridine rings is 1. The van der Waals surface area contributed by atoms with E-state index in [2.05, 4.69) is 21.9 Å². The molecular formula is C22H23F2N3O. The monoisotopic (exact) mass is 383 g/mol. The van der Waals surface area contributed by atoms with E-state index >= 15 is 0 Å². The Labute approximate surface area is 163 Å². The van der Waals surface area contributed by atoms with Crippen molar-refractivity contribution in [2.24, 2.45) is 0 Å². The van der Waals surface area contributed by atoms with Crippen molar-refractivity contribution in [1.82, 2.24) is 15.0 Å². The number of hydrogen-bond donors (Lipinski definition) is 0. The molecule has 1 aromatic carbocycles. The zero-order valence-electron chi connectivity index (χ0n) is 16.1. The van der Waals surface area contributed by atoms with Gasteiger partial charge in [-0.25, -0.2) is 14.4 Å². The molecule has 6 heteroatoms. The van der Waals surface area contributed by atoms with Gasteiger partial charge in [0, 0.05) is 35.4 Å².